The van der Waals surface area contributed by atoms with E-state index in [4.69, 9.17) is 0 Å². The van der Waals surface area contributed by atoms with Gasteiger partial charge in [0.2, 0.25) is 0 Å². The molecule has 0 bridgehead atoms. The van der Waals surface area contributed by atoms with Crippen molar-refractivity contribution >= 4 is 21.8 Å². The van der Waals surface area contributed by atoms with Gasteiger partial charge in [-0.05, 0) is 30.4 Å². The van der Waals surface area contributed by atoms with Gasteiger partial charge in [-0.2, -0.15) is 0 Å². The van der Waals surface area contributed by atoms with E-state index in [-0.39, 0.29) is 22.5 Å². The Kier molecular flexibility index (Phi) is 4.91. The summed E-state index contributed by atoms with van der Waals surface area (Å²) in [4.78, 5) is 12.1. The van der Waals surface area contributed by atoms with Gasteiger partial charge in [0.25, 0.3) is 5.91 Å². The molecule has 4 nitrogen and oxygen atoms in total. The summed E-state index contributed by atoms with van der Waals surface area (Å²) in [5.41, 5.74) is 0.0431. The summed E-state index contributed by atoms with van der Waals surface area (Å²) < 4.78 is 0. The van der Waals surface area contributed by atoms with Crippen LogP contribution in [-0.2, 0) is 0 Å². The molecule has 0 atom stereocenters. The Morgan fingerprint density at radius 3 is 2.35 bits per heavy atom. The number of alkyl halides is 1. The van der Waals surface area contributed by atoms with Crippen molar-refractivity contribution in [2.75, 3.05) is 11.9 Å². The van der Waals surface area contributed by atoms with E-state index < -0.39 is 5.91 Å². The Balaban J connectivity index is 2.04. The van der Waals surface area contributed by atoms with E-state index in [9.17, 15) is 15.0 Å². The average molecular weight is 342 g/mol. The summed E-state index contributed by atoms with van der Waals surface area (Å²) in [7, 11) is 0. The predicted molar refractivity (Wildman–Crippen MR) is 81.4 cm³/mol. The van der Waals surface area contributed by atoms with Crippen LogP contribution in [0.3, 0.4) is 0 Å². The minimum atomic E-state index is -0.425. The van der Waals surface area contributed by atoms with Crippen molar-refractivity contribution in [1.29, 1.82) is 0 Å². The quantitative estimate of drug-likeness (QED) is 0.736. The number of aromatic hydroxyl groups is 2. The van der Waals surface area contributed by atoms with Crippen molar-refractivity contribution in [3.8, 4) is 11.5 Å². The van der Waals surface area contributed by atoms with Crippen LogP contribution in [0.5, 0.6) is 11.5 Å². The van der Waals surface area contributed by atoms with Crippen LogP contribution in [0.2, 0.25) is 0 Å². The first-order valence-corrected chi connectivity index (χ1v) is 8.05. The number of benzene rings is 1. The molecule has 0 spiro atoms. The zero-order valence-electron chi connectivity index (χ0n) is 11.4. The molecular weight excluding hydrogens is 322 g/mol. The van der Waals surface area contributed by atoms with Gasteiger partial charge in [-0.1, -0.05) is 41.3 Å². The van der Waals surface area contributed by atoms with E-state index in [0.717, 1.165) is 18.2 Å². The second-order valence-corrected chi connectivity index (χ2v) is 6.11. The molecule has 1 aliphatic carbocycles. The van der Waals surface area contributed by atoms with Gasteiger partial charge in [0.05, 0.1) is 0 Å². The van der Waals surface area contributed by atoms with Crippen LogP contribution in [-0.4, -0.2) is 28.0 Å². The summed E-state index contributed by atoms with van der Waals surface area (Å²) >= 11 is 3.55. The minimum Gasteiger partial charge on any atom is -0.507 e. The first-order valence-electron chi connectivity index (χ1n) is 6.93. The first-order chi connectivity index (χ1) is 9.58. The van der Waals surface area contributed by atoms with Crippen LogP contribution >= 0.6 is 15.9 Å². The third-order valence-corrected chi connectivity index (χ3v) is 5.26. The highest BCUT2D eigenvalue weighted by atomic mass is 79.9. The molecule has 0 aliphatic heterocycles. The standard InChI is InChI=1S/C15H20BrNO3/c16-9-15(7-2-1-3-8-15)10-17-14(20)13-11(18)5-4-6-12(13)19/h4-6,18-19H,1-3,7-10H2,(H,17,20). The molecule has 0 unspecified atom stereocenters. The maximum absolute atomic E-state index is 12.1. The molecule has 1 fully saturated rings. The number of amides is 1. The fourth-order valence-corrected chi connectivity index (χ4v) is 3.54. The molecule has 1 saturated carbocycles. The van der Waals surface area contributed by atoms with Crippen LogP contribution in [0.1, 0.15) is 42.5 Å². The maximum Gasteiger partial charge on any atom is 0.258 e. The van der Waals surface area contributed by atoms with Gasteiger partial charge in [-0.25, -0.2) is 0 Å². The second kappa shape index (κ2) is 6.48. The van der Waals surface area contributed by atoms with Crippen LogP contribution in [0, 0.1) is 5.41 Å². The molecule has 0 heterocycles. The van der Waals surface area contributed by atoms with Gasteiger partial charge < -0.3 is 15.5 Å². The van der Waals surface area contributed by atoms with E-state index in [1.54, 1.807) is 0 Å². The SMILES string of the molecule is O=C(NCC1(CBr)CCCCC1)c1c(O)cccc1O. The number of hydrogen-bond donors (Lipinski definition) is 3. The third kappa shape index (κ3) is 3.26. The molecule has 0 saturated heterocycles. The fourth-order valence-electron chi connectivity index (χ4n) is 2.78. The lowest BCUT2D eigenvalue weighted by molar-refractivity contribution is 0.0916. The number of phenolic OH excluding ortho intramolecular Hbond substituents is 2. The largest absolute Gasteiger partial charge is 0.507 e. The third-order valence-electron chi connectivity index (χ3n) is 4.07. The Morgan fingerprint density at radius 2 is 1.80 bits per heavy atom. The van der Waals surface area contributed by atoms with Gasteiger partial charge in [-0.15, -0.1) is 0 Å². The molecule has 0 radical (unpaired) electrons. The lowest BCUT2D eigenvalue weighted by Gasteiger charge is -2.35. The smallest absolute Gasteiger partial charge is 0.258 e. The lowest BCUT2D eigenvalue weighted by Crippen LogP contribution is -2.40. The number of nitrogens with one attached hydrogen (secondary N) is 1. The number of phenols is 2. The fraction of sp³-hybridized carbons (Fsp3) is 0.533. The lowest BCUT2D eigenvalue weighted by atomic mass is 9.75. The zero-order valence-corrected chi connectivity index (χ0v) is 12.9. The molecule has 1 amide bonds. The molecule has 20 heavy (non-hydrogen) atoms. The molecule has 0 aromatic heterocycles. The highest BCUT2D eigenvalue weighted by Gasteiger charge is 2.31. The van der Waals surface area contributed by atoms with E-state index in [1.165, 1.54) is 37.5 Å². The molecule has 5 heteroatoms. The molecule has 110 valence electrons. The summed E-state index contributed by atoms with van der Waals surface area (Å²) in [6.07, 6.45) is 5.80. The summed E-state index contributed by atoms with van der Waals surface area (Å²) in [6, 6.07) is 4.30. The van der Waals surface area contributed by atoms with Crippen molar-refractivity contribution in [3.05, 3.63) is 23.8 Å². The van der Waals surface area contributed by atoms with Gasteiger partial charge in [0, 0.05) is 11.9 Å². The van der Waals surface area contributed by atoms with E-state index >= 15 is 0 Å². The molecule has 1 aromatic carbocycles. The molecule has 3 N–H and O–H groups in total. The molecular formula is C15H20BrNO3. The van der Waals surface area contributed by atoms with Crippen molar-refractivity contribution in [2.45, 2.75) is 32.1 Å². The highest BCUT2D eigenvalue weighted by Crippen LogP contribution is 2.37. The summed E-state index contributed by atoms with van der Waals surface area (Å²) in [5, 5.41) is 23.1. The van der Waals surface area contributed by atoms with Crippen LogP contribution in [0.4, 0.5) is 0 Å². The van der Waals surface area contributed by atoms with Gasteiger partial charge in [-0.3, -0.25) is 4.79 Å². The van der Waals surface area contributed by atoms with E-state index in [2.05, 4.69) is 21.2 Å². The summed E-state index contributed by atoms with van der Waals surface area (Å²) in [6.45, 7) is 0.560. The zero-order chi connectivity index (χ0) is 14.6. The van der Waals surface area contributed by atoms with E-state index in [0.29, 0.717) is 6.54 Å². The van der Waals surface area contributed by atoms with Crippen molar-refractivity contribution in [3.63, 3.8) is 0 Å². The Hall–Kier alpha value is -1.23. The Labute approximate surface area is 127 Å². The van der Waals surface area contributed by atoms with Gasteiger partial charge in [0.15, 0.2) is 0 Å². The number of carbonyl (C=O) groups is 1. The summed E-state index contributed by atoms with van der Waals surface area (Å²) in [5.74, 6) is -0.815. The average Bonchev–Trinajstić information content (AvgIpc) is 2.46. The predicted octanol–water partition coefficient (Wildman–Crippen LogP) is 3.17. The van der Waals surface area contributed by atoms with Crippen molar-refractivity contribution in [1.82, 2.24) is 5.32 Å². The number of rotatable bonds is 4. The normalized spacial score (nSPS) is 17.6. The topological polar surface area (TPSA) is 69.6 Å². The van der Waals surface area contributed by atoms with Crippen molar-refractivity contribution in [2.24, 2.45) is 5.41 Å². The Morgan fingerprint density at radius 1 is 1.20 bits per heavy atom. The molecule has 1 aromatic rings. The second-order valence-electron chi connectivity index (χ2n) is 5.55. The van der Waals surface area contributed by atoms with Gasteiger partial charge in [0.1, 0.15) is 17.1 Å². The molecule has 1 aliphatic rings. The number of carbonyl (C=O) groups excluding carboxylic acids is 1. The monoisotopic (exact) mass is 341 g/mol. The van der Waals surface area contributed by atoms with Crippen LogP contribution in [0.25, 0.3) is 0 Å². The van der Waals surface area contributed by atoms with Crippen molar-refractivity contribution < 1.29 is 15.0 Å². The minimum absolute atomic E-state index is 0.0481. The number of halogens is 1. The molecule has 2 rings (SSSR count). The highest BCUT2D eigenvalue weighted by molar-refractivity contribution is 9.09. The van der Waals surface area contributed by atoms with E-state index in [1.807, 2.05) is 0 Å². The first kappa shape index (κ1) is 15.2. The van der Waals surface area contributed by atoms with Gasteiger partial charge >= 0.3 is 0 Å². The van der Waals surface area contributed by atoms with Crippen LogP contribution in [0.15, 0.2) is 18.2 Å². The Bertz CT molecular complexity index is 464. The number of hydrogen-bond acceptors (Lipinski definition) is 3. The van der Waals surface area contributed by atoms with Crippen LogP contribution < -0.4 is 5.32 Å². The maximum atomic E-state index is 12.1.